The molecule has 0 radical (unpaired) electrons. The van der Waals surface area contributed by atoms with Gasteiger partial charge in [-0.3, -0.25) is 4.68 Å². The summed E-state index contributed by atoms with van der Waals surface area (Å²) in [4.78, 5) is 0. The molecule has 4 heteroatoms. The molecule has 0 bridgehead atoms. The van der Waals surface area contributed by atoms with Gasteiger partial charge in [0, 0.05) is 24.4 Å². The van der Waals surface area contributed by atoms with E-state index < -0.39 is 0 Å². The molecule has 1 saturated heterocycles. The molecule has 4 nitrogen and oxygen atoms in total. The van der Waals surface area contributed by atoms with Gasteiger partial charge in [0.1, 0.15) is 0 Å². The molecule has 17 heavy (non-hydrogen) atoms. The first kappa shape index (κ1) is 12.6. The second kappa shape index (κ2) is 5.65. The minimum absolute atomic E-state index is 0.343. The third-order valence-corrected chi connectivity index (χ3v) is 3.52. The van der Waals surface area contributed by atoms with Crippen molar-refractivity contribution in [3.8, 4) is 0 Å². The smallest absolute Gasteiger partial charge is 0.0771 e. The molecule has 96 valence electrons. The highest BCUT2D eigenvalue weighted by atomic mass is 16.5. The Kier molecular flexibility index (Phi) is 4.18. The lowest BCUT2D eigenvalue weighted by molar-refractivity contribution is 0.0931. The fourth-order valence-corrected chi connectivity index (χ4v) is 2.64. The Labute approximate surface area is 103 Å². The number of aryl methyl sites for hydroxylation is 1. The van der Waals surface area contributed by atoms with Crippen LogP contribution in [-0.4, -0.2) is 22.5 Å². The lowest BCUT2D eigenvalue weighted by Gasteiger charge is -2.12. The van der Waals surface area contributed by atoms with Crippen molar-refractivity contribution in [2.24, 2.45) is 5.73 Å². The lowest BCUT2D eigenvalue weighted by atomic mass is 10.1. The van der Waals surface area contributed by atoms with E-state index in [1.807, 2.05) is 0 Å². The van der Waals surface area contributed by atoms with E-state index in [0.29, 0.717) is 12.6 Å². The van der Waals surface area contributed by atoms with E-state index in [-0.39, 0.29) is 0 Å². The molecule has 2 heterocycles. The Morgan fingerprint density at radius 3 is 2.76 bits per heavy atom. The van der Waals surface area contributed by atoms with Crippen molar-refractivity contribution in [3.05, 3.63) is 17.0 Å². The molecule has 0 amide bonds. The number of rotatable bonds is 5. The van der Waals surface area contributed by atoms with Gasteiger partial charge in [-0.2, -0.15) is 5.10 Å². The van der Waals surface area contributed by atoms with Gasteiger partial charge in [0.25, 0.3) is 0 Å². The maximum absolute atomic E-state index is 5.84. The first-order valence-corrected chi connectivity index (χ1v) is 6.69. The summed E-state index contributed by atoms with van der Waals surface area (Å²) in [5, 5.41) is 4.69. The van der Waals surface area contributed by atoms with Crippen molar-refractivity contribution in [2.45, 2.75) is 58.7 Å². The zero-order valence-corrected chi connectivity index (χ0v) is 10.9. The normalized spacial score (nSPS) is 20.1. The first-order valence-electron chi connectivity index (χ1n) is 6.69. The highest BCUT2D eigenvalue weighted by molar-refractivity contribution is 5.26. The van der Waals surface area contributed by atoms with Crippen LogP contribution in [-0.2, 0) is 30.7 Å². The van der Waals surface area contributed by atoms with Gasteiger partial charge < -0.3 is 10.5 Å². The van der Waals surface area contributed by atoms with E-state index in [1.54, 1.807) is 0 Å². The Morgan fingerprint density at radius 2 is 2.24 bits per heavy atom. The van der Waals surface area contributed by atoms with E-state index in [4.69, 9.17) is 15.6 Å². The van der Waals surface area contributed by atoms with Crippen molar-refractivity contribution >= 4 is 0 Å². The zero-order chi connectivity index (χ0) is 12.3. The third kappa shape index (κ3) is 2.53. The van der Waals surface area contributed by atoms with Crippen LogP contribution >= 0.6 is 0 Å². The van der Waals surface area contributed by atoms with Crippen molar-refractivity contribution in [1.82, 2.24) is 9.78 Å². The monoisotopic (exact) mass is 237 g/mol. The summed E-state index contributed by atoms with van der Waals surface area (Å²) in [5.41, 5.74) is 9.53. The molecule has 1 atom stereocenters. The van der Waals surface area contributed by atoms with Crippen LogP contribution in [0.1, 0.15) is 43.6 Å². The average Bonchev–Trinajstić information content (AvgIpc) is 2.96. The predicted octanol–water partition coefficient (Wildman–Crippen LogP) is 1.65. The van der Waals surface area contributed by atoms with Gasteiger partial charge in [0.2, 0.25) is 0 Å². The quantitative estimate of drug-likeness (QED) is 0.847. The van der Waals surface area contributed by atoms with Crippen molar-refractivity contribution in [3.63, 3.8) is 0 Å². The number of ether oxygens (including phenoxy) is 1. The number of hydrogen-bond acceptors (Lipinski definition) is 3. The number of nitrogens with zero attached hydrogens (tertiary/aromatic N) is 2. The highest BCUT2D eigenvalue weighted by Crippen LogP contribution is 2.19. The fraction of sp³-hybridized carbons (Fsp3) is 0.769. The lowest BCUT2D eigenvalue weighted by Crippen LogP contribution is -2.18. The molecule has 1 aromatic heterocycles. The first-order chi connectivity index (χ1) is 8.30. The minimum Gasteiger partial charge on any atom is -0.376 e. The molecule has 1 unspecified atom stereocenters. The zero-order valence-electron chi connectivity index (χ0n) is 10.9. The van der Waals surface area contributed by atoms with E-state index in [9.17, 15) is 0 Å². The minimum atomic E-state index is 0.343. The van der Waals surface area contributed by atoms with Gasteiger partial charge >= 0.3 is 0 Å². The molecule has 2 N–H and O–H groups in total. The van der Waals surface area contributed by atoms with Crippen LogP contribution in [0.3, 0.4) is 0 Å². The summed E-state index contributed by atoms with van der Waals surface area (Å²) in [6.45, 7) is 6.69. The Hall–Kier alpha value is -0.870. The molecule has 1 aliphatic heterocycles. The molecular weight excluding hydrogens is 214 g/mol. The summed E-state index contributed by atoms with van der Waals surface area (Å²) in [6, 6.07) is 0. The second-order valence-electron chi connectivity index (χ2n) is 4.60. The summed E-state index contributed by atoms with van der Waals surface area (Å²) in [6.07, 6.45) is 4.63. The maximum Gasteiger partial charge on any atom is 0.0771 e. The van der Waals surface area contributed by atoms with E-state index >= 15 is 0 Å². The molecule has 0 saturated carbocycles. The molecular formula is C13H23N3O. The molecule has 1 aliphatic rings. The van der Waals surface area contributed by atoms with Crippen molar-refractivity contribution in [1.29, 1.82) is 0 Å². The van der Waals surface area contributed by atoms with Crippen LogP contribution in [0.15, 0.2) is 0 Å². The summed E-state index contributed by atoms with van der Waals surface area (Å²) < 4.78 is 7.80. The van der Waals surface area contributed by atoms with Crippen LogP contribution in [0.2, 0.25) is 0 Å². The van der Waals surface area contributed by atoms with Gasteiger partial charge in [-0.1, -0.05) is 13.8 Å². The standard InChI is InChI=1S/C13H23N3O/c1-3-12-11(8-14)13(4-2)16(15-12)9-10-6-5-7-17-10/h10H,3-9,14H2,1-2H3. The van der Waals surface area contributed by atoms with Gasteiger partial charge in [-0.15, -0.1) is 0 Å². The molecule has 0 spiro atoms. The van der Waals surface area contributed by atoms with Gasteiger partial charge in [0.15, 0.2) is 0 Å². The number of aromatic nitrogens is 2. The van der Waals surface area contributed by atoms with Gasteiger partial charge in [-0.25, -0.2) is 0 Å². The van der Waals surface area contributed by atoms with Crippen molar-refractivity contribution in [2.75, 3.05) is 6.61 Å². The van der Waals surface area contributed by atoms with Crippen LogP contribution < -0.4 is 5.73 Å². The van der Waals surface area contributed by atoms with Crippen LogP contribution in [0.5, 0.6) is 0 Å². The van der Waals surface area contributed by atoms with E-state index in [2.05, 4.69) is 18.5 Å². The highest BCUT2D eigenvalue weighted by Gasteiger charge is 2.20. The largest absolute Gasteiger partial charge is 0.376 e. The average molecular weight is 237 g/mol. The predicted molar refractivity (Wildman–Crippen MR) is 67.8 cm³/mol. The van der Waals surface area contributed by atoms with E-state index in [0.717, 1.165) is 38.1 Å². The summed E-state index contributed by atoms with van der Waals surface area (Å²) >= 11 is 0. The number of hydrogen-bond donors (Lipinski definition) is 1. The molecule has 1 aromatic rings. The molecule has 0 aromatic carbocycles. The Balaban J connectivity index is 2.22. The number of nitrogens with two attached hydrogens (primary N) is 1. The summed E-state index contributed by atoms with van der Waals surface area (Å²) in [5.74, 6) is 0. The van der Waals surface area contributed by atoms with Crippen LogP contribution in [0.25, 0.3) is 0 Å². The van der Waals surface area contributed by atoms with Crippen LogP contribution in [0, 0.1) is 0 Å². The molecule has 0 aliphatic carbocycles. The van der Waals surface area contributed by atoms with E-state index in [1.165, 1.54) is 17.7 Å². The Bertz CT molecular complexity index is 367. The van der Waals surface area contributed by atoms with Gasteiger partial charge in [-0.05, 0) is 25.7 Å². The van der Waals surface area contributed by atoms with Crippen LogP contribution in [0.4, 0.5) is 0 Å². The summed E-state index contributed by atoms with van der Waals surface area (Å²) in [7, 11) is 0. The second-order valence-corrected chi connectivity index (χ2v) is 4.60. The van der Waals surface area contributed by atoms with Gasteiger partial charge in [0.05, 0.1) is 18.3 Å². The fourth-order valence-electron chi connectivity index (χ4n) is 2.64. The Morgan fingerprint density at radius 1 is 1.41 bits per heavy atom. The third-order valence-electron chi connectivity index (χ3n) is 3.52. The molecule has 1 fully saturated rings. The SMILES string of the molecule is CCc1nn(CC2CCCO2)c(CC)c1CN. The topological polar surface area (TPSA) is 53.1 Å². The van der Waals surface area contributed by atoms with Crippen molar-refractivity contribution < 1.29 is 4.74 Å². The maximum atomic E-state index is 5.84. The molecule has 2 rings (SSSR count).